The van der Waals surface area contributed by atoms with Gasteiger partial charge in [0, 0.05) is 13.1 Å². The number of rotatable bonds is 2. The molecule has 2 heterocycles. The lowest BCUT2D eigenvalue weighted by Crippen LogP contribution is -2.30. The number of nitrogens with one attached hydrogen (secondary N) is 2. The Bertz CT molecular complexity index is 666. The Hall–Kier alpha value is -1.47. The predicted molar refractivity (Wildman–Crippen MR) is 71.1 cm³/mol. The normalized spacial score (nSPS) is 15.5. The summed E-state index contributed by atoms with van der Waals surface area (Å²) in [6.45, 7) is 2.07. The Labute approximate surface area is 117 Å². The lowest BCUT2D eigenvalue weighted by Gasteiger charge is -2.28. The molecule has 0 radical (unpaired) electrons. The number of hydrogen-bond donors (Lipinski definition) is 2. The second-order valence-corrected chi connectivity index (χ2v) is 5.47. The standard InChI is InChI=1S/C12H12BrFN4O/c13-9-3-7-1-2-18(5-8(7)4-10(9)14)6-11-15-12(19)17-16-11/h3-4H,1-2,5-6H2,(H2,15,16,17,19). The first kappa shape index (κ1) is 12.6. The fourth-order valence-electron chi connectivity index (χ4n) is 2.33. The Balaban J connectivity index is 1.78. The molecule has 100 valence electrons. The second-order valence-electron chi connectivity index (χ2n) is 4.62. The molecule has 3 rings (SSSR count). The Morgan fingerprint density at radius 2 is 2.26 bits per heavy atom. The summed E-state index contributed by atoms with van der Waals surface area (Å²) in [5.41, 5.74) is 1.85. The first-order valence-electron chi connectivity index (χ1n) is 5.94. The van der Waals surface area contributed by atoms with Crippen LogP contribution in [0, 0.1) is 5.82 Å². The van der Waals surface area contributed by atoms with E-state index in [1.807, 2.05) is 6.07 Å². The Morgan fingerprint density at radius 1 is 1.42 bits per heavy atom. The summed E-state index contributed by atoms with van der Waals surface area (Å²) < 4.78 is 14.0. The van der Waals surface area contributed by atoms with E-state index in [0.717, 1.165) is 18.5 Å². The minimum Gasteiger partial charge on any atom is -0.292 e. The van der Waals surface area contributed by atoms with Crippen molar-refractivity contribution in [3.8, 4) is 0 Å². The first-order valence-corrected chi connectivity index (χ1v) is 6.74. The maximum atomic E-state index is 13.5. The van der Waals surface area contributed by atoms with E-state index in [1.165, 1.54) is 5.56 Å². The molecule has 2 aromatic rings. The number of benzene rings is 1. The number of fused-ring (bicyclic) bond motifs is 1. The van der Waals surface area contributed by atoms with Gasteiger partial charge in [-0.2, -0.15) is 5.10 Å². The van der Waals surface area contributed by atoms with Gasteiger partial charge in [-0.15, -0.1) is 0 Å². The molecule has 5 nitrogen and oxygen atoms in total. The van der Waals surface area contributed by atoms with Gasteiger partial charge >= 0.3 is 5.69 Å². The highest BCUT2D eigenvalue weighted by Gasteiger charge is 2.19. The van der Waals surface area contributed by atoms with Crippen molar-refractivity contribution in [2.45, 2.75) is 19.5 Å². The minimum absolute atomic E-state index is 0.242. The van der Waals surface area contributed by atoms with Crippen molar-refractivity contribution in [3.63, 3.8) is 0 Å². The minimum atomic E-state index is -0.303. The van der Waals surface area contributed by atoms with Crippen LogP contribution in [-0.4, -0.2) is 26.6 Å². The summed E-state index contributed by atoms with van der Waals surface area (Å²) >= 11 is 3.20. The summed E-state index contributed by atoms with van der Waals surface area (Å²) in [6, 6.07) is 3.41. The van der Waals surface area contributed by atoms with E-state index < -0.39 is 0 Å². The quantitative estimate of drug-likeness (QED) is 0.880. The number of H-pyrrole nitrogens is 2. The van der Waals surface area contributed by atoms with Crippen LogP contribution in [-0.2, 0) is 19.5 Å². The summed E-state index contributed by atoms with van der Waals surface area (Å²) in [7, 11) is 0. The van der Waals surface area contributed by atoms with Gasteiger partial charge in [0.15, 0.2) is 0 Å². The van der Waals surface area contributed by atoms with Crippen molar-refractivity contribution in [1.82, 2.24) is 20.1 Å². The average molecular weight is 327 g/mol. The molecular formula is C12H12BrFN4O. The largest absolute Gasteiger partial charge is 0.340 e. The molecule has 0 amide bonds. The third-order valence-corrected chi connectivity index (χ3v) is 3.87. The monoisotopic (exact) mass is 326 g/mol. The van der Waals surface area contributed by atoms with Crippen LogP contribution >= 0.6 is 15.9 Å². The highest BCUT2D eigenvalue weighted by molar-refractivity contribution is 9.10. The Kier molecular flexibility index (Phi) is 3.24. The molecule has 0 fully saturated rings. The smallest absolute Gasteiger partial charge is 0.292 e. The van der Waals surface area contributed by atoms with Crippen LogP contribution in [0.2, 0.25) is 0 Å². The zero-order chi connectivity index (χ0) is 13.4. The van der Waals surface area contributed by atoms with Crippen LogP contribution in [0.3, 0.4) is 0 Å². The van der Waals surface area contributed by atoms with Gasteiger partial charge in [0.05, 0.1) is 11.0 Å². The number of aromatic amines is 2. The van der Waals surface area contributed by atoms with Gasteiger partial charge in [-0.25, -0.2) is 14.3 Å². The molecule has 0 saturated carbocycles. The van der Waals surface area contributed by atoms with Gasteiger partial charge in [0.2, 0.25) is 0 Å². The predicted octanol–water partition coefficient (Wildman–Crippen LogP) is 1.56. The molecule has 1 aromatic heterocycles. The van der Waals surface area contributed by atoms with E-state index >= 15 is 0 Å². The zero-order valence-electron chi connectivity index (χ0n) is 10.0. The van der Waals surface area contributed by atoms with Gasteiger partial charge < -0.3 is 0 Å². The fraction of sp³-hybridized carbons (Fsp3) is 0.333. The van der Waals surface area contributed by atoms with Gasteiger partial charge in [-0.3, -0.25) is 9.88 Å². The highest BCUT2D eigenvalue weighted by Crippen LogP contribution is 2.26. The molecule has 1 aromatic carbocycles. The summed E-state index contributed by atoms with van der Waals surface area (Å²) in [6.07, 6.45) is 0.864. The van der Waals surface area contributed by atoms with Crippen molar-refractivity contribution in [2.24, 2.45) is 0 Å². The van der Waals surface area contributed by atoms with Crippen LogP contribution in [0.5, 0.6) is 0 Å². The molecule has 1 aliphatic heterocycles. The first-order chi connectivity index (χ1) is 9.11. The second kappa shape index (κ2) is 4.90. The molecular weight excluding hydrogens is 315 g/mol. The van der Waals surface area contributed by atoms with Crippen LogP contribution in [0.15, 0.2) is 21.4 Å². The van der Waals surface area contributed by atoms with Crippen LogP contribution in [0.1, 0.15) is 17.0 Å². The van der Waals surface area contributed by atoms with Crippen LogP contribution in [0.25, 0.3) is 0 Å². The van der Waals surface area contributed by atoms with Gasteiger partial charge in [0.1, 0.15) is 11.6 Å². The molecule has 0 bridgehead atoms. The van der Waals surface area contributed by atoms with Crippen molar-refractivity contribution in [3.05, 3.63) is 49.9 Å². The van der Waals surface area contributed by atoms with E-state index in [0.29, 0.717) is 23.4 Å². The van der Waals surface area contributed by atoms with E-state index in [1.54, 1.807) is 6.07 Å². The van der Waals surface area contributed by atoms with Crippen LogP contribution < -0.4 is 5.69 Å². The topological polar surface area (TPSA) is 64.8 Å². The van der Waals surface area contributed by atoms with Crippen molar-refractivity contribution < 1.29 is 4.39 Å². The van der Waals surface area contributed by atoms with Gasteiger partial charge in [0.25, 0.3) is 0 Å². The molecule has 0 aliphatic carbocycles. The lowest BCUT2D eigenvalue weighted by atomic mass is 10.00. The summed E-state index contributed by atoms with van der Waals surface area (Å²) in [4.78, 5) is 15.7. The van der Waals surface area contributed by atoms with E-state index in [9.17, 15) is 9.18 Å². The highest BCUT2D eigenvalue weighted by atomic mass is 79.9. The summed E-state index contributed by atoms with van der Waals surface area (Å²) in [5.74, 6) is 0.361. The molecule has 19 heavy (non-hydrogen) atoms. The zero-order valence-corrected chi connectivity index (χ0v) is 11.6. The SMILES string of the molecule is O=c1[nH]nc(CN2CCc3cc(Br)c(F)cc3C2)[nH]1. The van der Waals surface area contributed by atoms with Crippen molar-refractivity contribution >= 4 is 15.9 Å². The van der Waals surface area contributed by atoms with Crippen molar-refractivity contribution in [2.75, 3.05) is 6.54 Å². The van der Waals surface area contributed by atoms with Crippen LogP contribution in [0.4, 0.5) is 4.39 Å². The average Bonchev–Trinajstić information content (AvgIpc) is 2.77. The molecule has 0 unspecified atom stereocenters. The number of hydrogen-bond acceptors (Lipinski definition) is 3. The summed E-state index contributed by atoms with van der Waals surface area (Å²) in [5, 5.41) is 6.22. The lowest BCUT2D eigenvalue weighted by molar-refractivity contribution is 0.239. The van der Waals surface area contributed by atoms with Crippen molar-refractivity contribution in [1.29, 1.82) is 0 Å². The Morgan fingerprint density at radius 3 is 3.00 bits per heavy atom. The third kappa shape index (κ3) is 2.62. The number of nitrogens with zero attached hydrogens (tertiary/aromatic N) is 2. The number of halogens is 2. The van der Waals surface area contributed by atoms with Gasteiger partial charge in [-0.1, -0.05) is 0 Å². The van der Waals surface area contributed by atoms with E-state index in [-0.39, 0.29) is 11.5 Å². The molecule has 1 aliphatic rings. The molecule has 0 spiro atoms. The molecule has 7 heteroatoms. The molecule has 0 atom stereocenters. The maximum Gasteiger partial charge on any atom is 0.340 e. The van der Waals surface area contributed by atoms with E-state index in [2.05, 4.69) is 36.0 Å². The van der Waals surface area contributed by atoms with Gasteiger partial charge in [-0.05, 0) is 45.6 Å². The maximum absolute atomic E-state index is 13.5. The molecule has 2 N–H and O–H groups in total. The fourth-order valence-corrected chi connectivity index (χ4v) is 2.73. The number of aromatic nitrogens is 3. The third-order valence-electron chi connectivity index (χ3n) is 3.26. The van der Waals surface area contributed by atoms with E-state index in [4.69, 9.17) is 0 Å². The molecule has 0 saturated heterocycles.